The summed E-state index contributed by atoms with van der Waals surface area (Å²) in [6.45, 7) is 4.32. The summed E-state index contributed by atoms with van der Waals surface area (Å²) in [5, 5.41) is 2.71. The molecular weight excluding hydrogens is 451 g/mol. The van der Waals surface area contributed by atoms with E-state index in [4.69, 9.17) is 9.47 Å². The second-order valence-corrected chi connectivity index (χ2v) is 8.04. The van der Waals surface area contributed by atoms with Crippen molar-refractivity contribution in [1.29, 1.82) is 0 Å². The molecule has 35 heavy (non-hydrogen) atoms. The number of nitrogens with one attached hydrogen (secondary N) is 1. The van der Waals surface area contributed by atoms with Crippen LogP contribution in [0.2, 0.25) is 0 Å². The van der Waals surface area contributed by atoms with E-state index in [2.05, 4.69) is 15.0 Å². The van der Waals surface area contributed by atoms with Gasteiger partial charge >= 0.3 is 5.97 Å². The van der Waals surface area contributed by atoms with Crippen molar-refractivity contribution in [2.24, 2.45) is 0 Å². The van der Waals surface area contributed by atoms with Crippen LogP contribution in [-0.2, 0) is 9.53 Å². The molecule has 0 aliphatic carbocycles. The highest BCUT2D eigenvalue weighted by molar-refractivity contribution is 6.05. The molecule has 0 saturated carbocycles. The molecule has 4 rings (SSSR count). The molecule has 1 N–H and O–H groups in total. The van der Waals surface area contributed by atoms with Gasteiger partial charge < -0.3 is 24.4 Å². The van der Waals surface area contributed by atoms with Crippen molar-refractivity contribution in [3.05, 3.63) is 83.7 Å². The number of halogens is 1. The number of likely N-dealkylation sites (N-methyl/N-ethyl adjacent to an activating group) is 1. The number of anilines is 2. The molecule has 3 aromatic carbocycles. The fourth-order valence-corrected chi connectivity index (χ4v) is 3.51. The Morgan fingerprint density at radius 2 is 1.86 bits per heavy atom. The van der Waals surface area contributed by atoms with E-state index in [1.165, 1.54) is 26.2 Å². The van der Waals surface area contributed by atoms with E-state index in [0.29, 0.717) is 23.6 Å². The lowest BCUT2D eigenvalue weighted by Gasteiger charge is -2.33. The summed E-state index contributed by atoms with van der Waals surface area (Å²) >= 11 is 0. The van der Waals surface area contributed by atoms with Gasteiger partial charge in [0.15, 0.2) is 0 Å². The number of fused-ring (bicyclic) bond motifs is 1. The van der Waals surface area contributed by atoms with Gasteiger partial charge in [0.05, 0.1) is 19.3 Å². The standard InChI is InChI=1S/C24H23FN2O3.C3H6O2/c1-16-12-19(10-11-21(16)24(28)26-18-7-5-6-17(25)13-18)29-15-20-14-27(2)22-8-3-4-9-23(22)30-20;1-3(4)5-2/h3-13,20H,14-15H2,1-2H3,(H,26,28);1-2H3/t20-;/m0./s1. The molecule has 0 fully saturated rings. The Hall–Kier alpha value is -4.07. The Bertz CT molecular complexity index is 1180. The van der Waals surface area contributed by atoms with E-state index in [-0.39, 0.29) is 18.0 Å². The predicted molar refractivity (Wildman–Crippen MR) is 133 cm³/mol. The van der Waals surface area contributed by atoms with Crippen LogP contribution in [0.4, 0.5) is 15.8 Å². The second-order valence-electron chi connectivity index (χ2n) is 8.04. The number of rotatable bonds is 5. The van der Waals surface area contributed by atoms with Gasteiger partial charge in [-0.15, -0.1) is 0 Å². The van der Waals surface area contributed by atoms with Gasteiger partial charge in [0.2, 0.25) is 0 Å². The molecule has 1 aliphatic rings. The maximum absolute atomic E-state index is 13.3. The number of hydrogen-bond acceptors (Lipinski definition) is 6. The lowest BCUT2D eigenvalue weighted by atomic mass is 10.1. The van der Waals surface area contributed by atoms with E-state index in [1.54, 1.807) is 24.3 Å². The number of benzene rings is 3. The van der Waals surface area contributed by atoms with Crippen LogP contribution in [0.15, 0.2) is 66.7 Å². The first-order valence-electron chi connectivity index (χ1n) is 11.1. The predicted octanol–water partition coefficient (Wildman–Crippen LogP) is 4.84. The fourth-order valence-electron chi connectivity index (χ4n) is 3.51. The van der Waals surface area contributed by atoms with Crippen LogP contribution in [0.3, 0.4) is 0 Å². The van der Waals surface area contributed by atoms with Crippen LogP contribution < -0.4 is 19.7 Å². The lowest BCUT2D eigenvalue weighted by Crippen LogP contribution is -2.41. The minimum absolute atomic E-state index is 0.0961. The number of carbonyl (C=O) groups excluding carboxylic acids is 2. The number of ether oxygens (including phenoxy) is 3. The number of para-hydroxylation sites is 2. The number of methoxy groups -OCH3 is 1. The Labute approximate surface area is 204 Å². The van der Waals surface area contributed by atoms with Crippen LogP contribution in [-0.4, -0.2) is 45.3 Å². The lowest BCUT2D eigenvalue weighted by molar-refractivity contribution is -0.137. The fraction of sp³-hybridized carbons (Fsp3) is 0.259. The first kappa shape index (κ1) is 25.6. The first-order valence-corrected chi connectivity index (χ1v) is 11.1. The highest BCUT2D eigenvalue weighted by Gasteiger charge is 2.23. The number of esters is 1. The molecule has 3 aromatic rings. The molecule has 1 atom stereocenters. The third kappa shape index (κ3) is 7.20. The SMILES string of the molecule is COC(C)=O.Cc1cc(OC[C@@H]2CN(C)c3ccccc3O2)ccc1C(=O)Nc1cccc(F)c1. The Kier molecular flexibility index (Phi) is 8.67. The van der Waals surface area contributed by atoms with E-state index in [9.17, 15) is 14.0 Å². The summed E-state index contributed by atoms with van der Waals surface area (Å²) in [5.74, 6) is 0.579. The minimum atomic E-state index is -0.397. The Balaban J connectivity index is 0.000000623. The number of amides is 1. The molecular formula is C27H29FN2O5. The number of hydrogen-bond donors (Lipinski definition) is 1. The molecule has 1 heterocycles. The van der Waals surface area contributed by atoms with E-state index in [0.717, 1.165) is 23.5 Å². The van der Waals surface area contributed by atoms with E-state index >= 15 is 0 Å². The summed E-state index contributed by atoms with van der Waals surface area (Å²) in [4.78, 5) is 24.3. The van der Waals surface area contributed by atoms with Gasteiger partial charge in [-0.3, -0.25) is 9.59 Å². The average molecular weight is 481 g/mol. The number of aryl methyl sites for hydroxylation is 1. The van der Waals surface area contributed by atoms with Crippen molar-refractivity contribution in [2.45, 2.75) is 20.0 Å². The molecule has 0 bridgehead atoms. The number of carbonyl (C=O) groups is 2. The Morgan fingerprint density at radius 3 is 2.54 bits per heavy atom. The quantitative estimate of drug-likeness (QED) is 0.527. The van der Waals surface area contributed by atoms with Crippen molar-refractivity contribution in [3.63, 3.8) is 0 Å². The van der Waals surface area contributed by atoms with Gasteiger partial charge in [0.25, 0.3) is 5.91 Å². The first-order chi connectivity index (χ1) is 16.8. The maximum atomic E-state index is 13.3. The summed E-state index contributed by atoms with van der Waals surface area (Å²) < 4.78 is 29.4. The summed E-state index contributed by atoms with van der Waals surface area (Å²) in [7, 11) is 3.38. The number of nitrogens with zero attached hydrogens (tertiary/aromatic N) is 1. The smallest absolute Gasteiger partial charge is 0.302 e. The zero-order valence-corrected chi connectivity index (χ0v) is 20.2. The van der Waals surface area contributed by atoms with E-state index < -0.39 is 5.82 Å². The molecule has 0 radical (unpaired) electrons. The van der Waals surface area contributed by atoms with Gasteiger partial charge in [-0.2, -0.15) is 0 Å². The molecule has 0 unspecified atom stereocenters. The molecule has 8 heteroatoms. The van der Waals surface area contributed by atoms with Gasteiger partial charge in [-0.1, -0.05) is 18.2 Å². The van der Waals surface area contributed by atoms with Crippen LogP contribution in [0, 0.1) is 12.7 Å². The van der Waals surface area contributed by atoms with Gasteiger partial charge in [-0.05, 0) is 61.0 Å². The van der Waals surface area contributed by atoms with Gasteiger partial charge in [-0.25, -0.2) is 4.39 Å². The third-order valence-electron chi connectivity index (χ3n) is 5.30. The Morgan fingerprint density at radius 1 is 1.11 bits per heavy atom. The van der Waals surface area contributed by atoms with Crippen LogP contribution in [0.25, 0.3) is 0 Å². The van der Waals surface area contributed by atoms with Gasteiger partial charge in [0.1, 0.15) is 30.0 Å². The van der Waals surface area contributed by atoms with Crippen LogP contribution in [0.1, 0.15) is 22.8 Å². The molecule has 7 nitrogen and oxygen atoms in total. The zero-order chi connectivity index (χ0) is 25.4. The van der Waals surface area contributed by atoms with Crippen molar-refractivity contribution < 1.29 is 28.2 Å². The monoisotopic (exact) mass is 480 g/mol. The van der Waals surface area contributed by atoms with Crippen molar-refractivity contribution in [3.8, 4) is 11.5 Å². The molecule has 1 aliphatic heterocycles. The van der Waals surface area contributed by atoms with Crippen LogP contribution >= 0.6 is 0 Å². The largest absolute Gasteiger partial charge is 0.490 e. The summed E-state index contributed by atoms with van der Waals surface area (Å²) in [6.07, 6.45) is -0.0961. The summed E-state index contributed by atoms with van der Waals surface area (Å²) in [6, 6.07) is 19.0. The van der Waals surface area contributed by atoms with Gasteiger partial charge in [0, 0.05) is 25.2 Å². The average Bonchev–Trinajstić information content (AvgIpc) is 2.83. The van der Waals surface area contributed by atoms with E-state index in [1.807, 2.05) is 44.3 Å². The van der Waals surface area contributed by atoms with Crippen molar-refractivity contribution in [1.82, 2.24) is 0 Å². The van der Waals surface area contributed by atoms with Crippen molar-refractivity contribution >= 4 is 23.3 Å². The molecule has 184 valence electrons. The maximum Gasteiger partial charge on any atom is 0.302 e. The minimum Gasteiger partial charge on any atom is -0.490 e. The molecule has 0 saturated heterocycles. The molecule has 1 amide bonds. The molecule has 0 spiro atoms. The third-order valence-corrected chi connectivity index (χ3v) is 5.30. The topological polar surface area (TPSA) is 77.1 Å². The zero-order valence-electron chi connectivity index (χ0n) is 20.2. The summed E-state index contributed by atoms with van der Waals surface area (Å²) in [5.41, 5.74) is 2.76. The molecule has 0 aromatic heterocycles. The van der Waals surface area contributed by atoms with Crippen molar-refractivity contribution in [2.75, 3.05) is 37.5 Å². The second kappa shape index (κ2) is 11.9. The highest BCUT2D eigenvalue weighted by atomic mass is 19.1. The highest BCUT2D eigenvalue weighted by Crippen LogP contribution is 2.32. The normalized spacial score (nSPS) is 14.0. The van der Waals surface area contributed by atoms with Crippen LogP contribution in [0.5, 0.6) is 11.5 Å².